The summed E-state index contributed by atoms with van der Waals surface area (Å²) in [5, 5.41) is 0. The number of amides is 2. The first-order valence-electron chi connectivity index (χ1n) is 15.5. The highest BCUT2D eigenvalue weighted by molar-refractivity contribution is 5.86. The highest BCUT2D eigenvalue weighted by atomic mass is 19.1. The second-order valence-electron chi connectivity index (χ2n) is 13.1. The maximum Gasteiger partial charge on any atom is 0.233 e. The fraction of sp³-hybridized carbons (Fsp3) is 0.316. The van der Waals surface area contributed by atoms with E-state index in [1.165, 1.54) is 24.3 Å². The zero-order chi connectivity index (χ0) is 34.6. The first-order valence-corrected chi connectivity index (χ1v) is 15.5. The highest BCUT2D eigenvalue weighted by Gasteiger charge is 2.45. The van der Waals surface area contributed by atoms with E-state index in [4.69, 9.17) is 0 Å². The van der Waals surface area contributed by atoms with Crippen LogP contribution in [0.1, 0.15) is 86.3 Å². The van der Waals surface area contributed by atoms with Crippen molar-refractivity contribution < 1.29 is 18.4 Å². The van der Waals surface area contributed by atoms with Gasteiger partial charge in [0.2, 0.25) is 11.8 Å². The lowest BCUT2D eigenvalue weighted by molar-refractivity contribution is -0.131. The zero-order valence-electron chi connectivity index (χ0n) is 27.8. The lowest BCUT2D eigenvalue weighted by Gasteiger charge is -2.26. The van der Waals surface area contributed by atoms with Crippen LogP contribution >= 0.6 is 0 Å². The molecular formula is C38H36F2N6O2. The Bertz CT molecular complexity index is 1940. The number of rotatable bonds is 2. The van der Waals surface area contributed by atoms with Crippen molar-refractivity contribution in [2.24, 2.45) is 0 Å². The molecule has 2 aromatic heterocycles. The molecule has 6 rings (SSSR count). The third-order valence-corrected chi connectivity index (χ3v) is 8.82. The Morgan fingerprint density at radius 1 is 0.604 bits per heavy atom. The Morgan fingerprint density at radius 2 is 1.02 bits per heavy atom. The number of halogens is 2. The predicted molar refractivity (Wildman–Crippen MR) is 177 cm³/mol. The van der Waals surface area contributed by atoms with Crippen molar-refractivity contribution in [3.8, 4) is 23.7 Å². The van der Waals surface area contributed by atoms with Crippen LogP contribution in [0.15, 0.2) is 73.3 Å². The monoisotopic (exact) mass is 646 g/mol. The van der Waals surface area contributed by atoms with Crippen LogP contribution in [-0.2, 0) is 9.59 Å². The van der Waals surface area contributed by atoms with Crippen LogP contribution in [-0.4, -0.2) is 66.7 Å². The lowest BCUT2D eigenvalue weighted by Crippen LogP contribution is -2.37. The van der Waals surface area contributed by atoms with Crippen LogP contribution < -0.4 is 0 Å². The molecule has 48 heavy (non-hydrogen) atoms. The topological polar surface area (TPSA) is 92.2 Å². The number of likely N-dealkylation sites (N-methyl/N-ethyl adjacent to an activating group) is 2. The minimum Gasteiger partial charge on any atom is -0.340 e. The molecule has 244 valence electrons. The maximum atomic E-state index is 13.1. The number of hydrogen-bond acceptors (Lipinski definition) is 6. The molecule has 2 saturated heterocycles. The van der Waals surface area contributed by atoms with Crippen molar-refractivity contribution in [3.05, 3.63) is 119 Å². The normalized spacial score (nSPS) is 19.1. The Morgan fingerprint density at radius 3 is 1.42 bits per heavy atom. The Kier molecular flexibility index (Phi) is 9.67. The van der Waals surface area contributed by atoms with Crippen LogP contribution in [0.5, 0.6) is 0 Å². The van der Waals surface area contributed by atoms with Crippen molar-refractivity contribution in [3.63, 3.8) is 0 Å². The summed E-state index contributed by atoms with van der Waals surface area (Å²) in [6.07, 6.45) is 7.84. The van der Waals surface area contributed by atoms with E-state index < -0.39 is 0 Å². The zero-order valence-corrected chi connectivity index (χ0v) is 27.8. The first-order chi connectivity index (χ1) is 22.7. The van der Waals surface area contributed by atoms with Gasteiger partial charge in [0.1, 0.15) is 35.1 Å². The van der Waals surface area contributed by atoms with Gasteiger partial charge >= 0.3 is 0 Å². The maximum absolute atomic E-state index is 13.1. The standard InChI is InChI=1S/2C19H18FN3O/c1-19(2)10-16(18(24)23(19)3)17-21-11-14(12-22-17)5-4-13-6-8-15(20)9-7-13;1-19(2)10-16(18(24)23(19)3)17-21-11-14(12-22-17)8-7-13-5-4-6-15(20)9-13/h6-9,11-12,16H,10H2,1-3H3;4-6,9,11-12,16H,10H2,1-3H3. The molecule has 0 bridgehead atoms. The predicted octanol–water partition coefficient (Wildman–Crippen LogP) is 5.48. The van der Waals surface area contributed by atoms with Gasteiger partial charge in [-0.1, -0.05) is 29.7 Å². The van der Waals surface area contributed by atoms with Crippen LogP contribution in [0.2, 0.25) is 0 Å². The largest absolute Gasteiger partial charge is 0.340 e. The van der Waals surface area contributed by atoms with Crippen LogP contribution in [0, 0.1) is 35.3 Å². The van der Waals surface area contributed by atoms with Gasteiger partial charge in [-0.2, -0.15) is 0 Å². The molecule has 2 atom stereocenters. The van der Waals surface area contributed by atoms with Crippen LogP contribution in [0.4, 0.5) is 8.78 Å². The van der Waals surface area contributed by atoms with Crippen molar-refractivity contribution in [1.82, 2.24) is 29.7 Å². The van der Waals surface area contributed by atoms with Gasteiger partial charge in [0.25, 0.3) is 0 Å². The van der Waals surface area contributed by atoms with Crippen LogP contribution in [0.3, 0.4) is 0 Å². The van der Waals surface area contributed by atoms with E-state index in [2.05, 4.69) is 43.6 Å². The van der Waals surface area contributed by atoms with E-state index >= 15 is 0 Å². The Balaban J connectivity index is 0.000000188. The summed E-state index contributed by atoms with van der Waals surface area (Å²) in [5.74, 6) is 11.6. The summed E-state index contributed by atoms with van der Waals surface area (Å²) in [6, 6.07) is 12.1. The molecule has 2 aliphatic rings. The van der Waals surface area contributed by atoms with E-state index in [0.29, 0.717) is 41.2 Å². The van der Waals surface area contributed by atoms with Gasteiger partial charge in [-0.15, -0.1) is 0 Å². The summed E-state index contributed by atoms with van der Waals surface area (Å²) in [7, 11) is 3.62. The molecule has 4 aromatic rings. The minimum atomic E-state index is -0.320. The van der Waals surface area contributed by atoms with Gasteiger partial charge < -0.3 is 9.80 Å². The fourth-order valence-electron chi connectivity index (χ4n) is 5.47. The molecule has 2 aliphatic heterocycles. The average Bonchev–Trinajstić information content (AvgIpc) is 3.41. The second-order valence-corrected chi connectivity index (χ2v) is 13.1. The SMILES string of the molecule is CN1C(=O)C(c2ncc(C#Cc3ccc(F)cc3)cn2)CC1(C)C.CN1C(=O)C(c2ncc(C#Cc3cccc(F)c3)cn2)CC1(C)C. The molecule has 2 amide bonds. The van der Waals surface area contributed by atoms with Crippen molar-refractivity contribution in [2.45, 2.75) is 63.5 Å². The third-order valence-electron chi connectivity index (χ3n) is 8.82. The molecule has 2 unspecified atom stereocenters. The molecule has 0 aliphatic carbocycles. The first kappa shape index (κ1) is 33.9. The molecule has 2 fully saturated rings. The molecule has 0 spiro atoms. The van der Waals surface area contributed by atoms with E-state index in [-0.39, 0.29) is 46.4 Å². The summed E-state index contributed by atoms with van der Waals surface area (Å²) >= 11 is 0. The molecule has 0 radical (unpaired) electrons. The number of aromatic nitrogens is 4. The molecule has 2 aromatic carbocycles. The number of hydrogen-bond donors (Lipinski definition) is 0. The molecular weight excluding hydrogens is 610 g/mol. The van der Waals surface area contributed by atoms with Gasteiger partial charge in [0.05, 0.1) is 11.1 Å². The summed E-state index contributed by atoms with van der Waals surface area (Å²) in [6.45, 7) is 8.13. The van der Waals surface area contributed by atoms with Crippen molar-refractivity contribution in [1.29, 1.82) is 0 Å². The second kappa shape index (κ2) is 13.7. The molecule has 10 heteroatoms. The molecule has 0 N–H and O–H groups in total. The van der Waals surface area contributed by atoms with Gasteiger partial charge in [-0.05, 0) is 83.0 Å². The number of benzene rings is 2. The third kappa shape index (κ3) is 7.72. The fourth-order valence-corrected chi connectivity index (χ4v) is 5.47. The van der Waals surface area contributed by atoms with E-state index in [1.54, 1.807) is 65.9 Å². The van der Waals surface area contributed by atoms with Crippen molar-refractivity contribution >= 4 is 11.8 Å². The quantitative estimate of drug-likeness (QED) is 0.268. The van der Waals surface area contributed by atoms with Crippen molar-refractivity contribution in [2.75, 3.05) is 14.1 Å². The number of likely N-dealkylation sites (tertiary alicyclic amines) is 2. The smallest absolute Gasteiger partial charge is 0.233 e. The Hall–Kier alpha value is -5.48. The minimum absolute atomic E-state index is 0.0404. The van der Waals surface area contributed by atoms with Gasteiger partial charge in [-0.25, -0.2) is 28.7 Å². The number of nitrogens with zero attached hydrogens (tertiary/aromatic N) is 6. The van der Waals surface area contributed by atoms with E-state index in [9.17, 15) is 18.4 Å². The molecule has 0 saturated carbocycles. The van der Waals surface area contributed by atoms with Gasteiger partial charge in [0, 0.05) is 61.1 Å². The number of carbonyl (C=O) groups excluding carboxylic acids is 2. The van der Waals surface area contributed by atoms with Gasteiger partial charge in [0.15, 0.2) is 0 Å². The lowest BCUT2D eigenvalue weighted by atomic mass is 9.96. The van der Waals surface area contributed by atoms with Crippen LogP contribution in [0.25, 0.3) is 0 Å². The summed E-state index contributed by atoms with van der Waals surface area (Å²) < 4.78 is 26.0. The van der Waals surface area contributed by atoms with E-state index in [0.717, 1.165) is 5.56 Å². The summed E-state index contributed by atoms with van der Waals surface area (Å²) in [5.41, 5.74) is 2.21. The van der Waals surface area contributed by atoms with E-state index in [1.807, 2.05) is 34.7 Å². The number of carbonyl (C=O) groups is 2. The summed E-state index contributed by atoms with van der Waals surface area (Å²) in [4.78, 5) is 45.4. The molecule has 8 nitrogen and oxygen atoms in total. The molecule has 4 heterocycles. The highest BCUT2D eigenvalue weighted by Crippen LogP contribution is 2.38. The average molecular weight is 647 g/mol. The van der Waals surface area contributed by atoms with Gasteiger partial charge in [-0.3, -0.25) is 9.59 Å². The Labute approximate surface area is 279 Å².